The molecule has 1 rings (SSSR count). The van der Waals surface area contributed by atoms with Gasteiger partial charge in [0.25, 0.3) is 0 Å². The molecular formula is C8H11FN2O2. The van der Waals surface area contributed by atoms with Gasteiger partial charge in [-0.05, 0) is 6.92 Å². The predicted octanol–water partition coefficient (Wildman–Crippen LogP) is 1.04. The highest BCUT2D eigenvalue weighted by Gasteiger charge is 2.15. The zero-order chi connectivity index (χ0) is 9.84. The number of hydrogen-bond acceptors (Lipinski definition) is 2. The summed E-state index contributed by atoms with van der Waals surface area (Å²) in [4.78, 5) is 10.6. The third-order valence-corrected chi connectivity index (χ3v) is 1.84. The van der Waals surface area contributed by atoms with Crippen LogP contribution in [0.25, 0.3) is 0 Å². The van der Waals surface area contributed by atoms with Crippen LogP contribution >= 0.6 is 0 Å². The molecule has 0 aliphatic heterocycles. The van der Waals surface area contributed by atoms with Crippen molar-refractivity contribution in [3.63, 3.8) is 0 Å². The van der Waals surface area contributed by atoms with E-state index in [0.29, 0.717) is 5.56 Å². The quantitative estimate of drug-likeness (QED) is 0.764. The molecule has 5 heteroatoms. The minimum Gasteiger partial charge on any atom is -0.481 e. The zero-order valence-electron chi connectivity index (χ0n) is 7.27. The van der Waals surface area contributed by atoms with Crippen LogP contribution in [0.2, 0.25) is 0 Å². The third kappa shape index (κ3) is 2.27. The van der Waals surface area contributed by atoms with Crippen molar-refractivity contribution in [3.05, 3.63) is 18.0 Å². The summed E-state index contributed by atoms with van der Waals surface area (Å²) in [5, 5.41) is 12.5. The molecular weight excluding hydrogens is 175 g/mol. The topological polar surface area (TPSA) is 55.1 Å². The molecule has 0 saturated heterocycles. The molecule has 0 radical (unpaired) electrons. The Morgan fingerprint density at radius 2 is 2.54 bits per heavy atom. The van der Waals surface area contributed by atoms with E-state index >= 15 is 0 Å². The van der Waals surface area contributed by atoms with Crippen LogP contribution < -0.4 is 0 Å². The lowest BCUT2D eigenvalue weighted by molar-refractivity contribution is -0.138. The molecule has 1 N–H and O–H groups in total. The number of nitrogens with zero attached hydrogens (tertiary/aromatic N) is 2. The molecule has 0 aliphatic carbocycles. The maximum Gasteiger partial charge on any atom is 0.310 e. The van der Waals surface area contributed by atoms with Crippen molar-refractivity contribution in [3.8, 4) is 0 Å². The maximum absolute atomic E-state index is 11.9. The summed E-state index contributed by atoms with van der Waals surface area (Å²) in [5.41, 5.74) is 0.598. The monoisotopic (exact) mass is 186 g/mol. The van der Waals surface area contributed by atoms with E-state index in [1.54, 1.807) is 13.1 Å². The second-order valence-corrected chi connectivity index (χ2v) is 2.79. The first-order valence-corrected chi connectivity index (χ1v) is 3.96. The Balaban J connectivity index is 2.73. The summed E-state index contributed by atoms with van der Waals surface area (Å²) in [5.74, 6) is -1.49. The Hall–Kier alpha value is -1.39. The van der Waals surface area contributed by atoms with E-state index in [0.717, 1.165) is 0 Å². The van der Waals surface area contributed by atoms with Crippen LogP contribution in [0.1, 0.15) is 18.4 Å². The van der Waals surface area contributed by atoms with Crippen molar-refractivity contribution in [2.24, 2.45) is 0 Å². The van der Waals surface area contributed by atoms with Gasteiger partial charge in [0.2, 0.25) is 0 Å². The van der Waals surface area contributed by atoms with Crippen LogP contribution in [0.5, 0.6) is 0 Å². The average molecular weight is 186 g/mol. The number of carboxylic acids is 1. The summed E-state index contributed by atoms with van der Waals surface area (Å²) in [6.45, 7) is 1.24. The fraction of sp³-hybridized carbons (Fsp3) is 0.500. The first-order valence-electron chi connectivity index (χ1n) is 3.96. The fourth-order valence-electron chi connectivity index (χ4n) is 0.955. The first kappa shape index (κ1) is 9.70. The van der Waals surface area contributed by atoms with Crippen LogP contribution in [-0.2, 0) is 11.3 Å². The Kier molecular flexibility index (Phi) is 3.00. The van der Waals surface area contributed by atoms with Gasteiger partial charge in [0.15, 0.2) is 0 Å². The van der Waals surface area contributed by atoms with Gasteiger partial charge in [-0.1, -0.05) is 0 Å². The number of rotatable bonds is 4. The second-order valence-electron chi connectivity index (χ2n) is 2.79. The van der Waals surface area contributed by atoms with Crippen molar-refractivity contribution >= 4 is 5.97 Å². The van der Waals surface area contributed by atoms with Gasteiger partial charge in [-0.2, -0.15) is 5.10 Å². The minimum absolute atomic E-state index is 0.173. The van der Waals surface area contributed by atoms with E-state index in [2.05, 4.69) is 5.10 Å². The Bertz CT molecular complexity index is 298. The highest BCUT2D eigenvalue weighted by atomic mass is 19.1. The number of aromatic nitrogens is 2. The minimum atomic E-state index is -0.903. The standard InChI is InChI=1S/C8H11FN2O2/c1-6(8(12)13)7-4-10-11(5-7)3-2-9/h4-6H,2-3H2,1H3,(H,12,13). The van der Waals surface area contributed by atoms with E-state index in [4.69, 9.17) is 5.11 Å². The predicted molar refractivity (Wildman–Crippen MR) is 44.3 cm³/mol. The zero-order valence-corrected chi connectivity index (χ0v) is 7.27. The molecule has 0 bridgehead atoms. The first-order chi connectivity index (χ1) is 6.15. The highest BCUT2D eigenvalue weighted by molar-refractivity contribution is 5.75. The van der Waals surface area contributed by atoms with Crippen molar-refractivity contribution in [2.45, 2.75) is 19.4 Å². The fourth-order valence-corrected chi connectivity index (χ4v) is 0.955. The van der Waals surface area contributed by atoms with Crippen LogP contribution in [0.4, 0.5) is 4.39 Å². The van der Waals surface area contributed by atoms with Crippen molar-refractivity contribution in [1.29, 1.82) is 0 Å². The summed E-state index contributed by atoms with van der Waals surface area (Å²) >= 11 is 0. The molecule has 13 heavy (non-hydrogen) atoms. The number of aliphatic carboxylic acids is 1. The molecule has 1 heterocycles. The Morgan fingerprint density at radius 1 is 1.85 bits per heavy atom. The summed E-state index contributed by atoms with van der Waals surface area (Å²) in [6, 6.07) is 0. The summed E-state index contributed by atoms with van der Waals surface area (Å²) < 4.78 is 13.3. The molecule has 0 aliphatic rings. The molecule has 1 aromatic rings. The number of carboxylic acid groups (broad SMARTS) is 1. The number of carbonyl (C=O) groups is 1. The van der Waals surface area contributed by atoms with Gasteiger partial charge in [-0.25, -0.2) is 4.39 Å². The molecule has 0 spiro atoms. The van der Waals surface area contributed by atoms with Crippen LogP contribution in [0, 0.1) is 0 Å². The van der Waals surface area contributed by atoms with Crippen molar-refractivity contribution < 1.29 is 14.3 Å². The summed E-state index contributed by atoms with van der Waals surface area (Å²) in [7, 11) is 0. The van der Waals surface area contributed by atoms with E-state index in [9.17, 15) is 9.18 Å². The molecule has 0 aromatic carbocycles. The third-order valence-electron chi connectivity index (χ3n) is 1.84. The summed E-state index contributed by atoms with van der Waals surface area (Å²) in [6.07, 6.45) is 3.01. The smallest absolute Gasteiger partial charge is 0.310 e. The molecule has 1 atom stereocenters. The number of aryl methyl sites for hydroxylation is 1. The van der Waals surface area contributed by atoms with Gasteiger partial charge in [0.1, 0.15) is 6.67 Å². The normalized spacial score (nSPS) is 12.8. The van der Waals surface area contributed by atoms with Crippen LogP contribution in [0.15, 0.2) is 12.4 Å². The molecule has 72 valence electrons. The lowest BCUT2D eigenvalue weighted by Gasteiger charge is -2.00. The van der Waals surface area contributed by atoms with E-state index in [-0.39, 0.29) is 6.54 Å². The van der Waals surface area contributed by atoms with E-state index in [1.807, 2.05) is 0 Å². The lowest BCUT2D eigenvalue weighted by Crippen LogP contribution is -2.06. The Morgan fingerprint density at radius 3 is 3.08 bits per heavy atom. The number of hydrogen-bond donors (Lipinski definition) is 1. The van der Waals surface area contributed by atoms with Gasteiger partial charge >= 0.3 is 5.97 Å². The van der Waals surface area contributed by atoms with E-state index < -0.39 is 18.6 Å². The highest BCUT2D eigenvalue weighted by Crippen LogP contribution is 2.13. The van der Waals surface area contributed by atoms with Crippen molar-refractivity contribution in [1.82, 2.24) is 9.78 Å². The number of alkyl halides is 1. The molecule has 1 aromatic heterocycles. The lowest BCUT2D eigenvalue weighted by atomic mass is 10.1. The number of halogens is 1. The molecule has 0 fully saturated rings. The largest absolute Gasteiger partial charge is 0.481 e. The van der Waals surface area contributed by atoms with Gasteiger partial charge < -0.3 is 5.11 Å². The molecule has 4 nitrogen and oxygen atoms in total. The van der Waals surface area contributed by atoms with E-state index in [1.165, 1.54) is 10.9 Å². The SMILES string of the molecule is CC(C(=O)O)c1cnn(CCF)c1. The van der Waals surface area contributed by atoms with Crippen LogP contribution in [-0.4, -0.2) is 27.5 Å². The average Bonchev–Trinajstić information content (AvgIpc) is 2.52. The van der Waals surface area contributed by atoms with Gasteiger partial charge in [-0.3, -0.25) is 9.48 Å². The van der Waals surface area contributed by atoms with Crippen LogP contribution in [0.3, 0.4) is 0 Å². The van der Waals surface area contributed by atoms with Gasteiger partial charge in [-0.15, -0.1) is 0 Å². The molecule has 0 saturated carbocycles. The maximum atomic E-state index is 11.9. The van der Waals surface area contributed by atoms with Gasteiger partial charge in [0, 0.05) is 11.8 Å². The molecule has 0 amide bonds. The van der Waals surface area contributed by atoms with Crippen molar-refractivity contribution in [2.75, 3.05) is 6.67 Å². The second kappa shape index (κ2) is 4.02. The van der Waals surface area contributed by atoms with Gasteiger partial charge in [0.05, 0.1) is 18.7 Å². The Labute approximate surface area is 75.0 Å². The molecule has 1 unspecified atom stereocenters.